The van der Waals surface area contributed by atoms with Crippen LogP contribution >= 0.6 is 0 Å². The number of benzene rings is 2. The zero-order chi connectivity index (χ0) is 14.4. The van der Waals surface area contributed by atoms with E-state index in [1.807, 2.05) is 55.5 Å². The predicted octanol–water partition coefficient (Wildman–Crippen LogP) is 2.27. The number of nitrogen functional groups attached to an aromatic ring is 1. The van der Waals surface area contributed by atoms with Crippen molar-refractivity contribution in [3.63, 3.8) is 0 Å². The first-order valence-corrected chi connectivity index (χ1v) is 6.44. The van der Waals surface area contributed by atoms with Gasteiger partial charge in [-0.3, -0.25) is 4.79 Å². The average Bonchev–Trinajstić information content (AvgIpc) is 2.45. The molecule has 1 amide bonds. The molecule has 0 bridgehead atoms. The van der Waals surface area contributed by atoms with E-state index in [0.29, 0.717) is 18.0 Å². The largest absolute Gasteiger partial charge is 0.484 e. The summed E-state index contributed by atoms with van der Waals surface area (Å²) in [4.78, 5) is 11.7. The first kappa shape index (κ1) is 13.9. The molecule has 0 heterocycles. The standard InChI is InChI=1S/C16H18N2O2/c1-12-5-7-15(8-6-12)20-11-16(19)18-10-13-3-2-4-14(17)9-13/h2-9H,10-11,17H2,1H3,(H,18,19). The van der Waals surface area contributed by atoms with Gasteiger partial charge in [-0.25, -0.2) is 0 Å². The van der Waals surface area contributed by atoms with Gasteiger partial charge < -0.3 is 15.8 Å². The maximum absolute atomic E-state index is 11.7. The van der Waals surface area contributed by atoms with Crippen molar-refractivity contribution < 1.29 is 9.53 Å². The van der Waals surface area contributed by atoms with Crippen molar-refractivity contribution >= 4 is 11.6 Å². The molecule has 0 aliphatic heterocycles. The summed E-state index contributed by atoms with van der Waals surface area (Å²) in [5.41, 5.74) is 8.48. The molecule has 0 fully saturated rings. The number of anilines is 1. The van der Waals surface area contributed by atoms with Crippen LogP contribution in [0.2, 0.25) is 0 Å². The quantitative estimate of drug-likeness (QED) is 0.819. The molecular formula is C16H18N2O2. The minimum absolute atomic E-state index is 0.00533. The van der Waals surface area contributed by atoms with Crippen LogP contribution in [0, 0.1) is 6.92 Å². The fourth-order valence-electron chi connectivity index (χ4n) is 1.74. The van der Waals surface area contributed by atoms with Crippen LogP contribution in [0.15, 0.2) is 48.5 Å². The number of hydrogen-bond acceptors (Lipinski definition) is 3. The minimum atomic E-state index is -0.159. The summed E-state index contributed by atoms with van der Waals surface area (Å²) in [6.45, 7) is 2.45. The second-order valence-electron chi connectivity index (χ2n) is 4.62. The van der Waals surface area contributed by atoms with Gasteiger partial charge in [-0.2, -0.15) is 0 Å². The Labute approximate surface area is 118 Å². The summed E-state index contributed by atoms with van der Waals surface area (Å²) >= 11 is 0. The molecule has 3 N–H and O–H groups in total. The van der Waals surface area contributed by atoms with Gasteiger partial charge in [0, 0.05) is 12.2 Å². The number of carbonyl (C=O) groups excluding carboxylic acids is 1. The molecule has 4 nitrogen and oxygen atoms in total. The number of nitrogens with two attached hydrogens (primary N) is 1. The molecule has 2 aromatic carbocycles. The third kappa shape index (κ3) is 4.31. The molecular weight excluding hydrogens is 252 g/mol. The van der Waals surface area contributed by atoms with Gasteiger partial charge in [0.25, 0.3) is 5.91 Å². The van der Waals surface area contributed by atoms with Gasteiger partial charge in [0.15, 0.2) is 6.61 Å². The Hall–Kier alpha value is -2.49. The van der Waals surface area contributed by atoms with Crippen LogP contribution in [-0.2, 0) is 11.3 Å². The summed E-state index contributed by atoms with van der Waals surface area (Å²) in [7, 11) is 0. The smallest absolute Gasteiger partial charge is 0.258 e. The maximum atomic E-state index is 11.7. The highest BCUT2D eigenvalue weighted by Gasteiger charge is 2.03. The lowest BCUT2D eigenvalue weighted by molar-refractivity contribution is -0.123. The number of aryl methyl sites for hydroxylation is 1. The number of nitrogens with one attached hydrogen (secondary N) is 1. The van der Waals surface area contributed by atoms with E-state index < -0.39 is 0 Å². The number of carbonyl (C=O) groups is 1. The highest BCUT2D eigenvalue weighted by molar-refractivity contribution is 5.77. The summed E-state index contributed by atoms with van der Waals surface area (Å²) in [6.07, 6.45) is 0. The second-order valence-corrected chi connectivity index (χ2v) is 4.62. The summed E-state index contributed by atoms with van der Waals surface area (Å²) < 4.78 is 5.40. The molecule has 2 rings (SSSR count). The number of hydrogen-bond donors (Lipinski definition) is 2. The van der Waals surface area contributed by atoms with E-state index in [1.54, 1.807) is 0 Å². The third-order valence-corrected chi connectivity index (χ3v) is 2.83. The summed E-state index contributed by atoms with van der Waals surface area (Å²) in [5.74, 6) is 0.530. The molecule has 0 aliphatic rings. The molecule has 0 aliphatic carbocycles. The van der Waals surface area contributed by atoms with Gasteiger partial charge >= 0.3 is 0 Å². The van der Waals surface area contributed by atoms with Gasteiger partial charge in [0.2, 0.25) is 0 Å². The van der Waals surface area contributed by atoms with E-state index in [0.717, 1.165) is 11.1 Å². The zero-order valence-corrected chi connectivity index (χ0v) is 11.4. The summed E-state index contributed by atoms with van der Waals surface area (Å²) in [6, 6.07) is 15.0. The lowest BCUT2D eigenvalue weighted by atomic mass is 10.2. The van der Waals surface area contributed by atoms with Crippen LogP contribution in [0.1, 0.15) is 11.1 Å². The second kappa shape index (κ2) is 6.61. The lowest BCUT2D eigenvalue weighted by Crippen LogP contribution is -2.28. The van der Waals surface area contributed by atoms with Crippen LogP contribution < -0.4 is 15.8 Å². The number of amides is 1. The lowest BCUT2D eigenvalue weighted by Gasteiger charge is -2.08. The van der Waals surface area contributed by atoms with Crippen molar-refractivity contribution in [3.05, 3.63) is 59.7 Å². The Balaban J connectivity index is 1.77. The van der Waals surface area contributed by atoms with Gasteiger partial charge in [0.1, 0.15) is 5.75 Å². The molecule has 0 aromatic heterocycles. The van der Waals surface area contributed by atoms with Crippen LogP contribution in [0.3, 0.4) is 0 Å². The van der Waals surface area contributed by atoms with Crippen LogP contribution in [0.4, 0.5) is 5.69 Å². The van der Waals surface area contributed by atoms with Crippen molar-refractivity contribution in [3.8, 4) is 5.75 Å². The summed E-state index contributed by atoms with van der Waals surface area (Å²) in [5, 5.41) is 2.79. The Morgan fingerprint density at radius 2 is 1.95 bits per heavy atom. The molecule has 20 heavy (non-hydrogen) atoms. The number of rotatable bonds is 5. The molecule has 0 saturated carbocycles. The van der Waals surface area contributed by atoms with Gasteiger partial charge in [0.05, 0.1) is 0 Å². The van der Waals surface area contributed by atoms with Gasteiger partial charge in [-0.1, -0.05) is 29.8 Å². The average molecular weight is 270 g/mol. The highest BCUT2D eigenvalue weighted by atomic mass is 16.5. The normalized spacial score (nSPS) is 10.1. The van der Waals surface area contributed by atoms with E-state index in [2.05, 4.69) is 5.32 Å². The zero-order valence-electron chi connectivity index (χ0n) is 11.4. The molecule has 4 heteroatoms. The van der Waals surface area contributed by atoms with Gasteiger partial charge in [-0.05, 0) is 36.8 Å². The van der Waals surface area contributed by atoms with Crippen LogP contribution in [-0.4, -0.2) is 12.5 Å². The molecule has 0 radical (unpaired) electrons. The molecule has 0 spiro atoms. The Kier molecular flexibility index (Phi) is 4.60. The first-order chi connectivity index (χ1) is 9.63. The third-order valence-electron chi connectivity index (χ3n) is 2.83. The van der Waals surface area contributed by atoms with Crippen LogP contribution in [0.25, 0.3) is 0 Å². The highest BCUT2D eigenvalue weighted by Crippen LogP contribution is 2.11. The Morgan fingerprint density at radius 1 is 1.20 bits per heavy atom. The number of ether oxygens (including phenoxy) is 1. The molecule has 104 valence electrons. The molecule has 0 saturated heterocycles. The van der Waals surface area contributed by atoms with E-state index >= 15 is 0 Å². The fraction of sp³-hybridized carbons (Fsp3) is 0.188. The van der Waals surface area contributed by atoms with Gasteiger partial charge in [-0.15, -0.1) is 0 Å². The van der Waals surface area contributed by atoms with Crippen molar-refractivity contribution in [2.24, 2.45) is 0 Å². The van der Waals surface area contributed by atoms with Crippen molar-refractivity contribution in [2.75, 3.05) is 12.3 Å². The SMILES string of the molecule is Cc1ccc(OCC(=O)NCc2cccc(N)c2)cc1. The van der Waals surface area contributed by atoms with Crippen molar-refractivity contribution in [1.82, 2.24) is 5.32 Å². The fourth-order valence-corrected chi connectivity index (χ4v) is 1.74. The molecule has 0 unspecified atom stereocenters. The van der Waals surface area contributed by atoms with E-state index in [1.165, 1.54) is 0 Å². The van der Waals surface area contributed by atoms with Crippen molar-refractivity contribution in [2.45, 2.75) is 13.5 Å². The Morgan fingerprint density at radius 3 is 2.65 bits per heavy atom. The monoisotopic (exact) mass is 270 g/mol. The predicted molar refractivity (Wildman–Crippen MR) is 79.4 cm³/mol. The maximum Gasteiger partial charge on any atom is 0.258 e. The van der Waals surface area contributed by atoms with E-state index in [4.69, 9.17) is 10.5 Å². The minimum Gasteiger partial charge on any atom is -0.484 e. The molecule has 0 atom stereocenters. The van der Waals surface area contributed by atoms with E-state index in [-0.39, 0.29) is 12.5 Å². The Bertz CT molecular complexity index is 579. The van der Waals surface area contributed by atoms with E-state index in [9.17, 15) is 4.79 Å². The van der Waals surface area contributed by atoms with Crippen molar-refractivity contribution in [1.29, 1.82) is 0 Å². The molecule has 2 aromatic rings. The topological polar surface area (TPSA) is 64.3 Å². The van der Waals surface area contributed by atoms with Crippen LogP contribution in [0.5, 0.6) is 5.75 Å². The first-order valence-electron chi connectivity index (χ1n) is 6.44.